The summed E-state index contributed by atoms with van der Waals surface area (Å²) in [5.41, 5.74) is 1.26. The molecule has 1 aromatic carbocycles. The zero-order valence-corrected chi connectivity index (χ0v) is 13.8. The molecule has 2 heterocycles. The zero-order chi connectivity index (χ0) is 17.8. The maximum atomic E-state index is 12.6. The molecule has 1 atom stereocenters. The first kappa shape index (κ1) is 16.8. The van der Waals surface area contributed by atoms with Crippen LogP contribution in [0.5, 0.6) is 0 Å². The summed E-state index contributed by atoms with van der Waals surface area (Å²) in [5.74, 6) is 0.199. The van der Waals surface area contributed by atoms with E-state index in [0.717, 1.165) is 0 Å². The quantitative estimate of drug-likeness (QED) is 0.873. The largest absolute Gasteiger partial charge is 0.467 e. The number of anilines is 2. The summed E-state index contributed by atoms with van der Waals surface area (Å²) in [6, 6.07) is 9.83. The number of furan rings is 1. The maximum Gasteiger partial charge on any atom is 0.247 e. The lowest BCUT2D eigenvalue weighted by Gasteiger charge is -2.23. The minimum absolute atomic E-state index is 0.0578. The highest BCUT2D eigenvalue weighted by Gasteiger charge is 2.36. The van der Waals surface area contributed by atoms with Crippen LogP contribution in [0.2, 0.25) is 0 Å². The van der Waals surface area contributed by atoms with Crippen LogP contribution in [0.4, 0.5) is 11.4 Å². The van der Waals surface area contributed by atoms with Gasteiger partial charge in [-0.2, -0.15) is 0 Å². The van der Waals surface area contributed by atoms with Gasteiger partial charge in [-0.15, -0.1) is 0 Å². The highest BCUT2D eigenvalue weighted by molar-refractivity contribution is 5.99. The van der Waals surface area contributed by atoms with E-state index < -0.39 is 6.04 Å². The van der Waals surface area contributed by atoms with Gasteiger partial charge in [0.2, 0.25) is 17.7 Å². The second-order valence-electron chi connectivity index (χ2n) is 5.90. The molecule has 0 spiro atoms. The lowest BCUT2D eigenvalue weighted by atomic mass is 10.2. The number of benzene rings is 1. The molecular formula is C18H19N3O4. The summed E-state index contributed by atoms with van der Waals surface area (Å²) in [6.45, 7) is 1.71. The molecule has 7 nitrogen and oxygen atoms in total. The van der Waals surface area contributed by atoms with Crippen LogP contribution in [0.25, 0.3) is 0 Å². The van der Waals surface area contributed by atoms with Gasteiger partial charge in [0, 0.05) is 24.7 Å². The summed E-state index contributed by atoms with van der Waals surface area (Å²) in [6.07, 6.45) is 2.37. The van der Waals surface area contributed by atoms with Gasteiger partial charge in [0.05, 0.1) is 12.8 Å². The Morgan fingerprint density at radius 3 is 2.44 bits per heavy atom. The van der Waals surface area contributed by atoms with Crippen molar-refractivity contribution in [2.24, 2.45) is 0 Å². The summed E-state index contributed by atoms with van der Waals surface area (Å²) >= 11 is 0. The molecule has 0 saturated carbocycles. The molecule has 0 unspecified atom stereocenters. The Balaban J connectivity index is 1.65. The summed E-state index contributed by atoms with van der Waals surface area (Å²) < 4.78 is 5.27. The number of amides is 3. The first-order chi connectivity index (χ1) is 12.0. The summed E-state index contributed by atoms with van der Waals surface area (Å²) in [7, 11) is 0. The van der Waals surface area contributed by atoms with Gasteiger partial charge >= 0.3 is 0 Å². The number of hydrogen-bond donors (Lipinski definition) is 2. The molecule has 1 fully saturated rings. The summed E-state index contributed by atoms with van der Waals surface area (Å²) in [5, 5.41) is 5.48. The average molecular weight is 341 g/mol. The number of carbonyl (C=O) groups is 3. The Kier molecular flexibility index (Phi) is 4.83. The van der Waals surface area contributed by atoms with Crippen LogP contribution in [0.3, 0.4) is 0 Å². The van der Waals surface area contributed by atoms with Gasteiger partial charge in [0.1, 0.15) is 11.8 Å². The van der Waals surface area contributed by atoms with E-state index in [2.05, 4.69) is 10.6 Å². The van der Waals surface area contributed by atoms with E-state index in [9.17, 15) is 14.4 Å². The van der Waals surface area contributed by atoms with Crippen molar-refractivity contribution in [3.8, 4) is 0 Å². The van der Waals surface area contributed by atoms with E-state index in [0.29, 0.717) is 30.0 Å². The van der Waals surface area contributed by atoms with Crippen molar-refractivity contribution in [3.05, 3.63) is 48.4 Å². The third-order valence-corrected chi connectivity index (χ3v) is 4.01. The van der Waals surface area contributed by atoms with Gasteiger partial charge in [0.25, 0.3) is 0 Å². The molecule has 0 radical (unpaired) electrons. The fourth-order valence-electron chi connectivity index (χ4n) is 2.84. The normalized spacial score (nSPS) is 16.8. The molecule has 1 saturated heterocycles. The molecule has 1 aliphatic heterocycles. The first-order valence-corrected chi connectivity index (χ1v) is 8.03. The van der Waals surface area contributed by atoms with Gasteiger partial charge in [-0.1, -0.05) is 0 Å². The number of likely N-dealkylation sites (tertiary alicyclic amines) is 1. The van der Waals surface area contributed by atoms with Crippen molar-refractivity contribution >= 4 is 29.1 Å². The second-order valence-corrected chi connectivity index (χ2v) is 5.90. The number of rotatable bonds is 5. The highest BCUT2D eigenvalue weighted by atomic mass is 16.3. The van der Waals surface area contributed by atoms with Crippen molar-refractivity contribution in [1.29, 1.82) is 0 Å². The third kappa shape index (κ3) is 4.06. The van der Waals surface area contributed by atoms with Crippen LogP contribution in [0, 0.1) is 0 Å². The average Bonchev–Trinajstić information content (AvgIpc) is 3.20. The Morgan fingerprint density at radius 1 is 1.16 bits per heavy atom. The second kappa shape index (κ2) is 7.21. The van der Waals surface area contributed by atoms with E-state index in [1.807, 2.05) is 0 Å². The van der Waals surface area contributed by atoms with E-state index in [1.54, 1.807) is 47.6 Å². The standard InChI is InChI=1S/C18H19N3O4/c1-12(22)19-13-4-6-14(7-5-13)20-18(24)16-8-9-17(23)21(16)11-15-3-2-10-25-15/h2-7,10,16H,8-9,11H2,1H3,(H,19,22)(H,20,24)/t16-/m1/s1. The maximum absolute atomic E-state index is 12.6. The smallest absolute Gasteiger partial charge is 0.247 e. The lowest BCUT2D eigenvalue weighted by Crippen LogP contribution is -2.41. The van der Waals surface area contributed by atoms with Gasteiger partial charge in [-0.05, 0) is 42.8 Å². The number of nitrogens with one attached hydrogen (secondary N) is 2. The molecule has 1 aliphatic rings. The van der Waals surface area contributed by atoms with Gasteiger partial charge < -0.3 is 20.0 Å². The predicted octanol–water partition coefficient (Wildman–Crippen LogP) is 2.37. The molecular weight excluding hydrogens is 322 g/mol. The predicted molar refractivity (Wildman–Crippen MR) is 91.7 cm³/mol. The van der Waals surface area contributed by atoms with Crippen LogP contribution >= 0.6 is 0 Å². The minimum Gasteiger partial charge on any atom is -0.467 e. The number of nitrogens with zero attached hydrogens (tertiary/aromatic N) is 1. The molecule has 2 N–H and O–H groups in total. The van der Waals surface area contributed by atoms with Crippen molar-refractivity contribution in [1.82, 2.24) is 4.90 Å². The van der Waals surface area contributed by atoms with E-state index in [-0.39, 0.29) is 24.3 Å². The first-order valence-electron chi connectivity index (χ1n) is 8.03. The topological polar surface area (TPSA) is 91.7 Å². The molecule has 3 rings (SSSR count). The zero-order valence-electron chi connectivity index (χ0n) is 13.8. The fraction of sp³-hybridized carbons (Fsp3) is 0.278. The van der Waals surface area contributed by atoms with Crippen LogP contribution in [0.15, 0.2) is 47.1 Å². The molecule has 1 aromatic heterocycles. The summed E-state index contributed by atoms with van der Waals surface area (Å²) in [4.78, 5) is 37.2. The Labute approximate surface area is 145 Å². The van der Waals surface area contributed by atoms with E-state index >= 15 is 0 Å². The molecule has 3 amide bonds. The van der Waals surface area contributed by atoms with Gasteiger partial charge in [0.15, 0.2) is 0 Å². The fourth-order valence-corrected chi connectivity index (χ4v) is 2.84. The molecule has 0 bridgehead atoms. The van der Waals surface area contributed by atoms with E-state index in [4.69, 9.17) is 4.42 Å². The Hall–Kier alpha value is -3.09. The molecule has 0 aliphatic carbocycles. The lowest BCUT2D eigenvalue weighted by molar-refractivity contribution is -0.134. The SMILES string of the molecule is CC(=O)Nc1ccc(NC(=O)[C@H]2CCC(=O)N2Cc2ccco2)cc1. The number of carbonyl (C=O) groups excluding carboxylic acids is 3. The van der Waals surface area contributed by atoms with Gasteiger partial charge in [-0.25, -0.2) is 0 Å². The minimum atomic E-state index is -0.521. The third-order valence-electron chi connectivity index (χ3n) is 4.01. The van der Waals surface area contributed by atoms with Crippen LogP contribution in [-0.2, 0) is 20.9 Å². The van der Waals surface area contributed by atoms with Crippen molar-refractivity contribution < 1.29 is 18.8 Å². The Bertz CT molecular complexity index is 768. The van der Waals surface area contributed by atoms with Crippen LogP contribution in [-0.4, -0.2) is 28.7 Å². The molecule has 130 valence electrons. The van der Waals surface area contributed by atoms with Crippen molar-refractivity contribution in [3.63, 3.8) is 0 Å². The highest BCUT2D eigenvalue weighted by Crippen LogP contribution is 2.23. The van der Waals surface area contributed by atoms with Crippen molar-refractivity contribution in [2.75, 3.05) is 10.6 Å². The molecule has 2 aromatic rings. The van der Waals surface area contributed by atoms with Crippen LogP contribution in [0.1, 0.15) is 25.5 Å². The molecule has 25 heavy (non-hydrogen) atoms. The molecule has 7 heteroatoms. The monoisotopic (exact) mass is 341 g/mol. The van der Waals surface area contributed by atoms with Crippen molar-refractivity contribution in [2.45, 2.75) is 32.4 Å². The Morgan fingerprint density at radius 2 is 1.84 bits per heavy atom. The van der Waals surface area contributed by atoms with Crippen LogP contribution < -0.4 is 10.6 Å². The van der Waals surface area contributed by atoms with E-state index in [1.165, 1.54) is 6.92 Å². The number of hydrogen-bond acceptors (Lipinski definition) is 4. The van der Waals surface area contributed by atoms with Gasteiger partial charge in [-0.3, -0.25) is 14.4 Å².